The molecule has 0 saturated carbocycles. The van der Waals surface area contributed by atoms with Crippen LogP contribution in [0.4, 0.5) is 0 Å². The maximum Gasteiger partial charge on any atom is 0.0938 e. The fraction of sp³-hybridized carbons (Fsp3) is 0.455. The van der Waals surface area contributed by atoms with Gasteiger partial charge in [-0.25, -0.2) is 0 Å². The summed E-state index contributed by atoms with van der Waals surface area (Å²) in [6, 6.07) is 4.15. The van der Waals surface area contributed by atoms with Gasteiger partial charge in [-0.1, -0.05) is 0 Å². The van der Waals surface area contributed by atoms with E-state index < -0.39 is 0 Å². The largest absolute Gasteiger partial charge is 0.307 e. The SMILES string of the molecule is CCn1nccc1C(NC)c1ccn(C)n1. The van der Waals surface area contributed by atoms with Gasteiger partial charge in [0.05, 0.1) is 17.4 Å². The van der Waals surface area contributed by atoms with Gasteiger partial charge in [-0.2, -0.15) is 10.2 Å². The molecule has 0 aliphatic carbocycles. The van der Waals surface area contributed by atoms with Gasteiger partial charge < -0.3 is 5.32 Å². The van der Waals surface area contributed by atoms with E-state index in [9.17, 15) is 0 Å². The van der Waals surface area contributed by atoms with Crippen molar-refractivity contribution in [1.29, 1.82) is 0 Å². The number of aromatic nitrogens is 4. The Morgan fingerprint density at radius 1 is 1.44 bits per heavy atom. The first-order chi connectivity index (χ1) is 7.76. The maximum absolute atomic E-state index is 4.43. The van der Waals surface area contributed by atoms with Crippen LogP contribution >= 0.6 is 0 Å². The molecule has 0 saturated heterocycles. The van der Waals surface area contributed by atoms with Crippen molar-refractivity contribution in [1.82, 2.24) is 24.9 Å². The van der Waals surface area contributed by atoms with Crippen molar-refractivity contribution in [2.45, 2.75) is 19.5 Å². The quantitative estimate of drug-likeness (QED) is 0.832. The summed E-state index contributed by atoms with van der Waals surface area (Å²) in [4.78, 5) is 0. The number of nitrogens with one attached hydrogen (secondary N) is 1. The average Bonchev–Trinajstić information content (AvgIpc) is 2.89. The van der Waals surface area contributed by atoms with Crippen molar-refractivity contribution >= 4 is 0 Å². The molecule has 0 bridgehead atoms. The van der Waals surface area contributed by atoms with Crippen LogP contribution in [0.5, 0.6) is 0 Å². The molecule has 5 heteroatoms. The molecule has 16 heavy (non-hydrogen) atoms. The van der Waals surface area contributed by atoms with Crippen molar-refractivity contribution in [3.63, 3.8) is 0 Å². The lowest BCUT2D eigenvalue weighted by Gasteiger charge is -2.15. The third kappa shape index (κ3) is 1.86. The van der Waals surface area contributed by atoms with Crippen molar-refractivity contribution in [2.75, 3.05) is 7.05 Å². The van der Waals surface area contributed by atoms with Crippen LogP contribution in [0, 0.1) is 0 Å². The predicted molar refractivity (Wildman–Crippen MR) is 62.0 cm³/mol. The van der Waals surface area contributed by atoms with Crippen LogP contribution < -0.4 is 5.32 Å². The van der Waals surface area contributed by atoms with E-state index in [-0.39, 0.29) is 6.04 Å². The minimum atomic E-state index is 0.101. The van der Waals surface area contributed by atoms with Crippen LogP contribution in [-0.2, 0) is 13.6 Å². The smallest absolute Gasteiger partial charge is 0.0938 e. The summed E-state index contributed by atoms with van der Waals surface area (Å²) >= 11 is 0. The van der Waals surface area contributed by atoms with Gasteiger partial charge in [-0.15, -0.1) is 0 Å². The molecular weight excluding hydrogens is 202 g/mol. The molecule has 0 aliphatic heterocycles. The standard InChI is InChI=1S/C11H17N5/c1-4-16-10(5-7-13-16)11(12-2)9-6-8-15(3)14-9/h5-8,11-12H,4H2,1-3H3. The molecule has 5 nitrogen and oxygen atoms in total. The lowest BCUT2D eigenvalue weighted by molar-refractivity contribution is 0.550. The van der Waals surface area contributed by atoms with Crippen molar-refractivity contribution in [3.8, 4) is 0 Å². The zero-order chi connectivity index (χ0) is 11.5. The second-order valence-corrected chi connectivity index (χ2v) is 3.71. The third-order valence-corrected chi connectivity index (χ3v) is 2.66. The molecule has 2 aromatic rings. The van der Waals surface area contributed by atoms with E-state index in [4.69, 9.17) is 0 Å². The molecule has 0 spiro atoms. The molecule has 1 N–H and O–H groups in total. The lowest BCUT2D eigenvalue weighted by atomic mass is 10.1. The minimum Gasteiger partial charge on any atom is -0.307 e. The second-order valence-electron chi connectivity index (χ2n) is 3.71. The van der Waals surface area contributed by atoms with Gasteiger partial charge in [-0.05, 0) is 26.1 Å². The van der Waals surface area contributed by atoms with Gasteiger partial charge >= 0.3 is 0 Å². The molecule has 2 heterocycles. The molecule has 2 aromatic heterocycles. The highest BCUT2D eigenvalue weighted by atomic mass is 15.3. The lowest BCUT2D eigenvalue weighted by Crippen LogP contribution is -2.22. The Balaban J connectivity index is 2.36. The third-order valence-electron chi connectivity index (χ3n) is 2.66. The molecule has 0 aliphatic rings. The number of hydrogen-bond donors (Lipinski definition) is 1. The highest BCUT2D eigenvalue weighted by Gasteiger charge is 2.17. The number of rotatable bonds is 4. The van der Waals surface area contributed by atoms with Crippen molar-refractivity contribution < 1.29 is 0 Å². The van der Waals surface area contributed by atoms with Crippen LogP contribution in [0.3, 0.4) is 0 Å². The summed E-state index contributed by atoms with van der Waals surface area (Å²) < 4.78 is 3.79. The van der Waals surface area contributed by atoms with Gasteiger partial charge in [0.2, 0.25) is 0 Å². The summed E-state index contributed by atoms with van der Waals surface area (Å²) in [6.07, 6.45) is 3.78. The summed E-state index contributed by atoms with van der Waals surface area (Å²) in [5, 5.41) is 12.0. The molecule has 1 atom stereocenters. The van der Waals surface area contributed by atoms with Crippen LogP contribution in [-0.4, -0.2) is 26.6 Å². The van der Waals surface area contributed by atoms with Crippen LogP contribution in [0.2, 0.25) is 0 Å². The molecule has 0 radical (unpaired) electrons. The van der Waals surface area contributed by atoms with Crippen molar-refractivity contribution in [2.24, 2.45) is 7.05 Å². The zero-order valence-electron chi connectivity index (χ0n) is 9.88. The normalized spacial score (nSPS) is 12.9. The average molecular weight is 219 g/mol. The molecular formula is C11H17N5. The van der Waals surface area contributed by atoms with Gasteiger partial charge in [-0.3, -0.25) is 9.36 Å². The summed E-state index contributed by atoms with van der Waals surface area (Å²) in [5.74, 6) is 0. The van der Waals surface area contributed by atoms with E-state index in [0.29, 0.717) is 0 Å². The Morgan fingerprint density at radius 3 is 2.81 bits per heavy atom. The Morgan fingerprint density at radius 2 is 2.25 bits per heavy atom. The Hall–Kier alpha value is -1.62. The van der Waals surface area contributed by atoms with E-state index in [1.807, 2.05) is 48.0 Å². The maximum atomic E-state index is 4.43. The molecule has 1 unspecified atom stereocenters. The fourth-order valence-corrected chi connectivity index (χ4v) is 1.89. The predicted octanol–water partition coefficient (Wildman–Crippen LogP) is 0.945. The van der Waals surface area contributed by atoms with Crippen LogP contribution in [0.1, 0.15) is 24.4 Å². The van der Waals surface area contributed by atoms with Gasteiger partial charge in [0.15, 0.2) is 0 Å². The number of nitrogens with zero attached hydrogens (tertiary/aromatic N) is 4. The highest BCUT2D eigenvalue weighted by molar-refractivity contribution is 5.20. The van der Waals surface area contributed by atoms with E-state index in [0.717, 1.165) is 17.9 Å². The molecule has 86 valence electrons. The van der Waals surface area contributed by atoms with Crippen LogP contribution in [0.15, 0.2) is 24.5 Å². The van der Waals surface area contributed by atoms with E-state index in [1.54, 1.807) is 0 Å². The first kappa shape index (κ1) is 10.9. The fourth-order valence-electron chi connectivity index (χ4n) is 1.89. The first-order valence-electron chi connectivity index (χ1n) is 5.44. The zero-order valence-corrected chi connectivity index (χ0v) is 9.88. The van der Waals surface area contributed by atoms with E-state index in [2.05, 4.69) is 22.4 Å². The Kier molecular flexibility index (Phi) is 3.05. The summed E-state index contributed by atoms with van der Waals surface area (Å²) in [5.41, 5.74) is 2.16. The van der Waals surface area contributed by atoms with Gasteiger partial charge in [0.25, 0.3) is 0 Å². The number of hydrogen-bond acceptors (Lipinski definition) is 3. The van der Waals surface area contributed by atoms with E-state index in [1.165, 1.54) is 0 Å². The van der Waals surface area contributed by atoms with Gasteiger partial charge in [0, 0.05) is 26.0 Å². The Bertz CT molecular complexity index is 456. The Labute approximate surface area is 95.1 Å². The second kappa shape index (κ2) is 4.49. The van der Waals surface area contributed by atoms with Crippen LogP contribution in [0.25, 0.3) is 0 Å². The summed E-state index contributed by atoms with van der Waals surface area (Å²) in [6.45, 7) is 2.95. The minimum absolute atomic E-state index is 0.101. The van der Waals surface area contributed by atoms with Crippen molar-refractivity contribution in [3.05, 3.63) is 35.9 Å². The first-order valence-corrected chi connectivity index (χ1v) is 5.44. The monoisotopic (exact) mass is 219 g/mol. The summed E-state index contributed by atoms with van der Waals surface area (Å²) in [7, 11) is 3.86. The number of aryl methyl sites for hydroxylation is 2. The molecule has 2 rings (SSSR count). The highest BCUT2D eigenvalue weighted by Crippen LogP contribution is 2.19. The van der Waals surface area contributed by atoms with Gasteiger partial charge in [0.1, 0.15) is 0 Å². The molecule has 0 aromatic carbocycles. The molecule has 0 fully saturated rings. The molecule has 0 amide bonds. The topological polar surface area (TPSA) is 47.7 Å². The van der Waals surface area contributed by atoms with E-state index >= 15 is 0 Å².